The fourth-order valence-electron chi connectivity index (χ4n) is 3.80. The lowest BCUT2D eigenvalue weighted by Crippen LogP contribution is -2.54. The van der Waals surface area contributed by atoms with Gasteiger partial charge in [-0.15, -0.1) is 0 Å². The van der Waals surface area contributed by atoms with Crippen LogP contribution in [0.15, 0.2) is 54.7 Å². The number of hydrogen-bond donors (Lipinski definition) is 5. The van der Waals surface area contributed by atoms with Gasteiger partial charge < -0.3 is 26.3 Å². The van der Waals surface area contributed by atoms with E-state index in [0.29, 0.717) is 22.7 Å². The minimum Gasteiger partial charge on any atom is -0.361 e. The highest BCUT2D eigenvalue weighted by Gasteiger charge is 2.27. The van der Waals surface area contributed by atoms with Crippen LogP contribution in [0.1, 0.15) is 30.9 Å². The lowest BCUT2D eigenvalue weighted by molar-refractivity contribution is -0.132. The molecule has 2 aromatic carbocycles. The van der Waals surface area contributed by atoms with Crippen molar-refractivity contribution in [2.24, 2.45) is 0 Å². The van der Waals surface area contributed by atoms with Crippen LogP contribution >= 0.6 is 0 Å². The third-order valence-corrected chi connectivity index (χ3v) is 5.63. The summed E-state index contributed by atoms with van der Waals surface area (Å²) in [6.45, 7) is 1.49. The zero-order valence-electron chi connectivity index (χ0n) is 19.8. The van der Waals surface area contributed by atoms with Crippen molar-refractivity contribution in [3.63, 3.8) is 0 Å². The van der Waals surface area contributed by atoms with Gasteiger partial charge in [-0.3, -0.25) is 19.2 Å². The van der Waals surface area contributed by atoms with Crippen LogP contribution in [0.2, 0.25) is 0 Å². The summed E-state index contributed by atoms with van der Waals surface area (Å²) in [5.41, 5.74) is 2.15. The molecule has 0 radical (unpaired) electrons. The molecule has 5 N–H and O–H groups in total. The van der Waals surface area contributed by atoms with Crippen LogP contribution in [0.4, 0.5) is 4.39 Å². The van der Waals surface area contributed by atoms with E-state index in [1.807, 2.05) is 30.3 Å². The topological polar surface area (TPSA) is 144 Å². The van der Waals surface area contributed by atoms with E-state index < -0.39 is 41.4 Å². The third-order valence-electron chi connectivity index (χ3n) is 5.63. The standard InChI is InChI=1S/C26H28FN5O4/c1-16(33)31-24(11-18-15-29-22-9-7-19(27)12-21(18)22)26(36)32-23(10-8-20(34)13-28)25(35)30-14-17-5-3-2-4-6-17/h2-7,9,12-13,15,23-24,28-29H,8,10-11,14H2,1H3,(H,30,35)(H,31,33)(H,32,36)/t23-,24-/m0/s1. The molecule has 0 spiro atoms. The Labute approximate surface area is 207 Å². The maximum atomic E-state index is 13.8. The highest BCUT2D eigenvalue weighted by Crippen LogP contribution is 2.21. The Morgan fingerprint density at radius 2 is 1.78 bits per heavy atom. The van der Waals surface area contributed by atoms with Crippen LogP contribution in [0.25, 0.3) is 10.9 Å². The van der Waals surface area contributed by atoms with Crippen LogP contribution in [0.5, 0.6) is 0 Å². The fraction of sp³-hybridized carbons (Fsp3) is 0.269. The van der Waals surface area contributed by atoms with Crippen molar-refractivity contribution in [1.82, 2.24) is 20.9 Å². The van der Waals surface area contributed by atoms with E-state index in [2.05, 4.69) is 20.9 Å². The number of aromatic nitrogens is 1. The maximum absolute atomic E-state index is 13.8. The lowest BCUT2D eigenvalue weighted by Gasteiger charge is -2.23. The van der Waals surface area contributed by atoms with E-state index in [0.717, 1.165) is 5.56 Å². The summed E-state index contributed by atoms with van der Waals surface area (Å²) in [7, 11) is 0. The molecule has 3 amide bonds. The SMILES string of the molecule is CC(=O)N[C@@H](Cc1c[nH]c2ccc(F)cc12)C(=O)N[C@@H](CCC(=O)C=N)C(=O)NCc1ccccc1. The molecule has 0 saturated carbocycles. The Morgan fingerprint density at radius 3 is 2.47 bits per heavy atom. The number of fused-ring (bicyclic) bond motifs is 1. The Bertz CT molecular complexity index is 1260. The van der Waals surface area contributed by atoms with Crippen molar-refractivity contribution < 1.29 is 23.6 Å². The van der Waals surface area contributed by atoms with Crippen molar-refractivity contribution >= 4 is 40.6 Å². The van der Waals surface area contributed by atoms with E-state index in [9.17, 15) is 23.6 Å². The minimum atomic E-state index is -1.07. The molecule has 0 aliphatic carbocycles. The molecule has 0 aliphatic heterocycles. The highest BCUT2D eigenvalue weighted by molar-refractivity contribution is 6.26. The van der Waals surface area contributed by atoms with E-state index in [4.69, 9.17) is 5.41 Å². The molecule has 1 heterocycles. The number of amides is 3. The second-order valence-electron chi connectivity index (χ2n) is 8.37. The molecule has 0 saturated heterocycles. The molecule has 10 heteroatoms. The van der Waals surface area contributed by atoms with Gasteiger partial charge >= 0.3 is 0 Å². The maximum Gasteiger partial charge on any atom is 0.243 e. The van der Waals surface area contributed by atoms with E-state index in [1.54, 1.807) is 12.3 Å². The van der Waals surface area contributed by atoms with Gasteiger partial charge in [0.25, 0.3) is 0 Å². The normalized spacial score (nSPS) is 12.4. The van der Waals surface area contributed by atoms with Crippen molar-refractivity contribution in [2.45, 2.75) is 44.8 Å². The molecule has 188 valence electrons. The summed E-state index contributed by atoms with van der Waals surface area (Å²) >= 11 is 0. The summed E-state index contributed by atoms with van der Waals surface area (Å²) in [6.07, 6.45) is 2.22. The molecule has 0 bridgehead atoms. The Hall–Kier alpha value is -4.34. The Balaban J connectivity index is 1.76. The minimum absolute atomic E-state index is 0.0222. The van der Waals surface area contributed by atoms with Gasteiger partial charge in [0.05, 0.1) is 6.21 Å². The summed E-state index contributed by atoms with van der Waals surface area (Å²) in [4.78, 5) is 52.6. The number of halogens is 1. The predicted octanol–water partition coefficient (Wildman–Crippen LogP) is 2.15. The number of nitrogens with one attached hydrogen (secondary N) is 5. The van der Waals surface area contributed by atoms with Gasteiger partial charge in [-0.25, -0.2) is 4.39 Å². The fourth-order valence-corrected chi connectivity index (χ4v) is 3.80. The highest BCUT2D eigenvalue weighted by atomic mass is 19.1. The molecule has 36 heavy (non-hydrogen) atoms. The van der Waals surface area contributed by atoms with Crippen LogP contribution in [0.3, 0.4) is 0 Å². The summed E-state index contributed by atoms with van der Waals surface area (Å²) in [6, 6.07) is 11.3. The molecule has 2 atom stereocenters. The second kappa shape index (κ2) is 12.4. The largest absolute Gasteiger partial charge is 0.361 e. The van der Waals surface area contributed by atoms with Crippen LogP contribution in [0, 0.1) is 11.2 Å². The van der Waals surface area contributed by atoms with Crippen LogP contribution in [-0.4, -0.2) is 46.8 Å². The number of H-pyrrole nitrogens is 1. The van der Waals surface area contributed by atoms with Crippen molar-refractivity contribution in [2.75, 3.05) is 0 Å². The monoisotopic (exact) mass is 493 g/mol. The molecule has 9 nitrogen and oxygen atoms in total. The number of benzene rings is 2. The van der Waals surface area contributed by atoms with E-state index >= 15 is 0 Å². The number of aromatic amines is 1. The van der Waals surface area contributed by atoms with Crippen molar-refractivity contribution in [3.05, 3.63) is 71.7 Å². The molecule has 0 aliphatic rings. The number of hydrogen-bond acceptors (Lipinski definition) is 5. The third kappa shape index (κ3) is 7.33. The number of rotatable bonds is 12. The van der Waals surface area contributed by atoms with Gasteiger partial charge in [-0.05, 0) is 35.7 Å². The summed E-state index contributed by atoms with van der Waals surface area (Å²) in [5.74, 6) is -2.50. The summed E-state index contributed by atoms with van der Waals surface area (Å²) < 4.78 is 13.8. The first-order chi connectivity index (χ1) is 17.3. The zero-order valence-corrected chi connectivity index (χ0v) is 19.8. The van der Waals surface area contributed by atoms with Crippen molar-refractivity contribution in [3.8, 4) is 0 Å². The molecule has 0 fully saturated rings. The van der Waals surface area contributed by atoms with Gasteiger partial charge in [0.2, 0.25) is 17.7 Å². The van der Waals surface area contributed by atoms with Gasteiger partial charge in [0, 0.05) is 43.4 Å². The first kappa shape index (κ1) is 26.3. The second-order valence-corrected chi connectivity index (χ2v) is 8.37. The van der Waals surface area contributed by atoms with E-state index in [1.165, 1.54) is 19.1 Å². The van der Waals surface area contributed by atoms with Gasteiger partial charge in [0.15, 0.2) is 5.78 Å². The molecular weight excluding hydrogens is 465 g/mol. The summed E-state index contributed by atoms with van der Waals surface area (Å²) in [5, 5.41) is 15.6. The lowest BCUT2D eigenvalue weighted by atomic mass is 10.0. The van der Waals surface area contributed by atoms with Crippen LogP contribution in [-0.2, 0) is 32.1 Å². The smallest absolute Gasteiger partial charge is 0.243 e. The number of Topliss-reactive ketones (excluding diaryl/α,β-unsaturated/α-hetero) is 1. The molecule has 1 aromatic heterocycles. The molecule has 3 rings (SSSR count). The molecule has 0 unspecified atom stereocenters. The average Bonchev–Trinajstić information content (AvgIpc) is 3.26. The first-order valence-electron chi connectivity index (χ1n) is 11.4. The molecular formula is C26H28FN5O4. The quantitative estimate of drug-likeness (QED) is 0.246. The Kier molecular flexibility index (Phi) is 9.04. The number of carbonyl (C=O) groups excluding carboxylic acids is 4. The van der Waals surface area contributed by atoms with Gasteiger partial charge in [0.1, 0.15) is 17.9 Å². The van der Waals surface area contributed by atoms with Crippen molar-refractivity contribution in [1.29, 1.82) is 5.41 Å². The Morgan fingerprint density at radius 1 is 1.03 bits per heavy atom. The van der Waals surface area contributed by atoms with Gasteiger partial charge in [-0.1, -0.05) is 30.3 Å². The zero-order chi connectivity index (χ0) is 26.1. The first-order valence-corrected chi connectivity index (χ1v) is 11.4. The van der Waals surface area contributed by atoms with Gasteiger partial charge in [-0.2, -0.15) is 0 Å². The molecule has 3 aromatic rings. The predicted molar refractivity (Wildman–Crippen MR) is 133 cm³/mol. The number of carbonyl (C=O) groups is 4. The van der Waals surface area contributed by atoms with Crippen LogP contribution < -0.4 is 16.0 Å². The average molecular weight is 494 g/mol. The van der Waals surface area contributed by atoms with E-state index in [-0.39, 0.29) is 25.8 Å². The number of ketones is 1.